The Bertz CT molecular complexity index is 622. The van der Waals surface area contributed by atoms with E-state index in [1.54, 1.807) is 13.1 Å². The number of carbonyl (C=O) groups is 1. The van der Waals surface area contributed by atoms with Gasteiger partial charge in [0, 0.05) is 11.9 Å². The Balaban J connectivity index is 2.07. The Kier molecular flexibility index (Phi) is 3.87. The van der Waals surface area contributed by atoms with Crippen LogP contribution in [0, 0.1) is 10.1 Å². The lowest BCUT2D eigenvalue weighted by atomic mass is 10.3. The van der Waals surface area contributed by atoms with Crippen molar-refractivity contribution in [3.63, 3.8) is 0 Å². The zero-order valence-corrected chi connectivity index (χ0v) is 11.4. The molecule has 0 saturated heterocycles. The molecule has 0 radical (unpaired) electrons. The topological polar surface area (TPSA) is 76.6 Å². The Morgan fingerprint density at radius 1 is 1.47 bits per heavy atom. The van der Waals surface area contributed by atoms with E-state index >= 15 is 0 Å². The zero-order valence-electron chi connectivity index (χ0n) is 9.83. The molecule has 0 N–H and O–H groups in total. The van der Waals surface area contributed by atoms with E-state index < -0.39 is 16.7 Å². The summed E-state index contributed by atoms with van der Waals surface area (Å²) < 4.78 is 5.50. The number of halogens is 1. The molecule has 0 aliphatic carbocycles. The number of nitro groups is 1. The fourth-order valence-corrected chi connectivity index (χ4v) is 2.61. The van der Waals surface area contributed by atoms with Gasteiger partial charge in [-0.2, -0.15) is 0 Å². The van der Waals surface area contributed by atoms with Crippen LogP contribution in [0.5, 0.6) is 0 Å². The summed E-state index contributed by atoms with van der Waals surface area (Å²) in [5.41, 5.74) is 0. The van der Waals surface area contributed by atoms with Crippen LogP contribution < -0.4 is 0 Å². The van der Waals surface area contributed by atoms with E-state index in [1.165, 1.54) is 22.3 Å². The Morgan fingerprint density at radius 2 is 2.21 bits per heavy atom. The number of furan rings is 1. The molecule has 2 heterocycles. The van der Waals surface area contributed by atoms with Crippen LogP contribution in [0.1, 0.15) is 15.4 Å². The van der Waals surface area contributed by atoms with Crippen molar-refractivity contribution >= 4 is 34.7 Å². The van der Waals surface area contributed by atoms with E-state index in [0.717, 1.165) is 10.9 Å². The minimum Gasteiger partial charge on any atom is -0.395 e. The first-order valence-electron chi connectivity index (χ1n) is 5.21. The largest absolute Gasteiger partial charge is 0.433 e. The lowest BCUT2D eigenvalue weighted by molar-refractivity contribution is -0.402. The van der Waals surface area contributed by atoms with Gasteiger partial charge >= 0.3 is 5.88 Å². The summed E-state index contributed by atoms with van der Waals surface area (Å²) in [6.07, 6.45) is 0. The van der Waals surface area contributed by atoms with Crippen LogP contribution in [-0.4, -0.2) is 22.8 Å². The van der Waals surface area contributed by atoms with Crippen LogP contribution >= 0.6 is 22.9 Å². The van der Waals surface area contributed by atoms with Crippen molar-refractivity contribution in [3.8, 4) is 0 Å². The standard InChI is InChI=1S/C11H9ClN2O4S/c1-13(6-7-2-4-9(12)19-7)11(15)8-3-5-10(18-8)14(16)17/h2-5H,6H2,1H3. The first kappa shape index (κ1) is 13.6. The molecule has 2 aromatic heterocycles. The maximum absolute atomic E-state index is 12.0. The number of thiophene rings is 1. The van der Waals surface area contributed by atoms with E-state index in [9.17, 15) is 14.9 Å². The molecule has 0 unspecified atom stereocenters. The summed E-state index contributed by atoms with van der Waals surface area (Å²) >= 11 is 7.17. The van der Waals surface area contributed by atoms with Crippen molar-refractivity contribution in [2.45, 2.75) is 6.54 Å². The first-order valence-corrected chi connectivity index (χ1v) is 6.40. The van der Waals surface area contributed by atoms with Gasteiger partial charge in [-0.1, -0.05) is 11.6 Å². The summed E-state index contributed by atoms with van der Waals surface area (Å²) in [6, 6.07) is 6.01. The number of nitrogens with zero attached hydrogens (tertiary/aromatic N) is 2. The van der Waals surface area contributed by atoms with E-state index in [-0.39, 0.29) is 5.76 Å². The minimum absolute atomic E-state index is 0.0585. The highest BCUT2D eigenvalue weighted by molar-refractivity contribution is 7.16. The van der Waals surface area contributed by atoms with Crippen molar-refractivity contribution in [3.05, 3.63) is 49.4 Å². The Labute approximate surface area is 117 Å². The van der Waals surface area contributed by atoms with Crippen LogP contribution in [0.15, 0.2) is 28.7 Å². The average Bonchev–Trinajstić information content (AvgIpc) is 2.97. The monoisotopic (exact) mass is 300 g/mol. The van der Waals surface area contributed by atoms with Gasteiger partial charge in [-0.15, -0.1) is 11.3 Å². The van der Waals surface area contributed by atoms with Crippen LogP contribution in [0.3, 0.4) is 0 Å². The molecule has 0 atom stereocenters. The number of hydrogen-bond acceptors (Lipinski definition) is 5. The van der Waals surface area contributed by atoms with Gasteiger partial charge in [0.05, 0.1) is 16.9 Å². The van der Waals surface area contributed by atoms with Crippen LogP contribution in [0.25, 0.3) is 0 Å². The molecule has 100 valence electrons. The fourth-order valence-electron chi connectivity index (χ4n) is 1.47. The van der Waals surface area contributed by atoms with Crippen molar-refractivity contribution < 1.29 is 14.1 Å². The highest BCUT2D eigenvalue weighted by Gasteiger charge is 2.20. The summed E-state index contributed by atoms with van der Waals surface area (Å²) in [4.78, 5) is 24.1. The number of carbonyl (C=O) groups excluding carboxylic acids is 1. The van der Waals surface area contributed by atoms with Crippen molar-refractivity contribution in [1.82, 2.24) is 4.90 Å². The van der Waals surface area contributed by atoms with E-state index in [0.29, 0.717) is 10.9 Å². The summed E-state index contributed by atoms with van der Waals surface area (Å²) in [5.74, 6) is -0.926. The second kappa shape index (κ2) is 5.41. The predicted octanol–water partition coefficient (Wildman–Crippen LogP) is 3.17. The van der Waals surface area contributed by atoms with Crippen molar-refractivity contribution in [2.24, 2.45) is 0 Å². The van der Waals surface area contributed by atoms with E-state index in [1.807, 2.05) is 6.07 Å². The van der Waals surface area contributed by atoms with Gasteiger partial charge in [-0.25, -0.2) is 0 Å². The van der Waals surface area contributed by atoms with Gasteiger partial charge in [-0.3, -0.25) is 14.9 Å². The predicted molar refractivity (Wildman–Crippen MR) is 70.5 cm³/mol. The van der Waals surface area contributed by atoms with Gasteiger partial charge in [0.1, 0.15) is 4.92 Å². The Morgan fingerprint density at radius 3 is 2.74 bits per heavy atom. The second-order valence-corrected chi connectivity index (χ2v) is 5.56. The number of rotatable bonds is 4. The van der Waals surface area contributed by atoms with Gasteiger partial charge < -0.3 is 9.32 Å². The SMILES string of the molecule is CN(Cc1ccc(Cl)s1)C(=O)c1ccc([N+](=O)[O-])o1. The molecular formula is C11H9ClN2O4S. The van der Waals surface area contributed by atoms with Crippen molar-refractivity contribution in [1.29, 1.82) is 0 Å². The molecule has 0 aliphatic rings. The fraction of sp³-hybridized carbons (Fsp3) is 0.182. The minimum atomic E-state index is -0.685. The second-order valence-electron chi connectivity index (χ2n) is 3.76. The smallest absolute Gasteiger partial charge is 0.395 e. The third kappa shape index (κ3) is 3.12. The molecule has 0 fully saturated rings. The van der Waals surface area contributed by atoms with Crippen molar-refractivity contribution in [2.75, 3.05) is 7.05 Å². The first-order chi connectivity index (χ1) is 8.97. The van der Waals surface area contributed by atoms with E-state index in [4.69, 9.17) is 16.0 Å². The molecule has 0 saturated carbocycles. The zero-order chi connectivity index (χ0) is 14.0. The van der Waals surface area contributed by atoms with Crippen LogP contribution in [-0.2, 0) is 6.54 Å². The molecular weight excluding hydrogens is 292 g/mol. The molecule has 0 aromatic carbocycles. The average molecular weight is 301 g/mol. The Hall–Kier alpha value is -1.86. The van der Waals surface area contributed by atoms with Crippen LogP contribution in [0.4, 0.5) is 5.88 Å². The molecule has 0 aliphatic heterocycles. The molecule has 2 aromatic rings. The molecule has 19 heavy (non-hydrogen) atoms. The quantitative estimate of drug-likeness (QED) is 0.642. The van der Waals surface area contributed by atoms with Gasteiger partial charge in [0.2, 0.25) is 0 Å². The maximum atomic E-state index is 12.0. The van der Waals surface area contributed by atoms with Crippen LogP contribution in [0.2, 0.25) is 4.34 Å². The number of amides is 1. The lowest BCUT2D eigenvalue weighted by Crippen LogP contribution is -2.25. The van der Waals surface area contributed by atoms with E-state index in [2.05, 4.69) is 0 Å². The highest BCUT2D eigenvalue weighted by Crippen LogP contribution is 2.23. The summed E-state index contributed by atoms with van der Waals surface area (Å²) in [7, 11) is 1.59. The molecule has 0 bridgehead atoms. The number of hydrogen-bond donors (Lipinski definition) is 0. The third-order valence-electron chi connectivity index (χ3n) is 2.35. The molecule has 0 spiro atoms. The van der Waals surface area contributed by atoms with Gasteiger partial charge in [-0.05, 0) is 18.2 Å². The lowest BCUT2D eigenvalue weighted by Gasteiger charge is -2.13. The van der Waals surface area contributed by atoms with Gasteiger partial charge in [0.15, 0.2) is 5.76 Å². The molecule has 2 rings (SSSR count). The summed E-state index contributed by atoms with van der Waals surface area (Å²) in [6.45, 7) is 0.366. The highest BCUT2D eigenvalue weighted by atomic mass is 35.5. The maximum Gasteiger partial charge on any atom is 0.433 e. The molecule has 6 nitrogen and oxygen atoms in total. The van der Waals surface area contributed by atoms with Gasteiger partial charge in [0.25, 0.3) is 5.91 Å². The molecule has 8 heteroatoms. The third-order valence-corrected chi connectivity index (χ3v) is 3.57. The molecule has 1 amide bonds. The summed E-state index contributed by atoms with van der Waals surface area (Å²) in [5, 5.41) is 10.5. The normalized spacial score (nSPS) is 10.4.